The summed E-state index contributed by atoms with van der Waals surface area (Å²) in [4.78, 5) is 24.1. The highest BCUT2D eigenvalue weighted by Crippen LogP contribution is 2.26. The normalized spacial score (nSPS) is 21.4. The predicted octanol–water partition coefficient (Wildman–Crippen LogP) is 0.480. The van der Waals surface area contributed by atoms with Gasteiger partial charge in [-0.1, -0.05) is 4.98 Å². The smallest absolute Gasteiger partial charge is 0.390 e. The van der Waals surface area contributed by atoms with Gasteiger partial charge in [0, 0.05) is 17.9 Å². The van der Waals surface area contributed by atoms with E-state index in [-0.39, 0.29) is 11.8 Å². The van der Waals surface area contributed by atoms with Gasteiger partial charge in [0.1, 0.15) is 5.78 Å². The third-order valence-corrected chi connectivity index (χ3v) is 2.25. The average Bonchev–Trinajstić information content (AvgIpc) is 2.70. The maximum absolute atomic E-state index is 11.0. The number of hydrogen-bond acceptors (Lipinski definition) is 5. The van der Waals surface area contributed by atoms with E-state index in [1.54, 1.807) is 0 Å². The van der Waals surface area contributed by atoms with Crippen LogP contribution in [-0.4, -0.2) is 25.5 Å². The van der Waals surface area contributed by atoms with E-state index in [2.05, 4.69) is 10.1 Å². The van der Waals surface area contributed by atoms with Crippen LogP contribution in [0.1, 0.15) is 25.3 Å². The van der Waals surface area contributed by atoms with Crippen molar-refractivity contribution in [3.05, 3.63) is 16.4 Å². The van der Waals surface area contributed by atoms with Crippen LogP contribution in [0.25, 0.3) is 0 Å². The van der Waals surface area contributed by atoms with Crippen molar-refractivity contribution >= 4 is 11.7 Å². The summed E-state index contributed by atoms with van der Waals surface area (Å²) < 4.78 is 1.41. The molecule has 7 heteroatoms. The third-order valence-electron chi connectivity index (χ3n) is 2.25. The molecule has 1 fully saturated rings. The number of Topliss-reactive ketones (excluding diaryl/α,β-unsaturated/α-hetero) is 1. The number of carbonyl (C=O) groups excluding carboxylic acids is 1. The highest BCUT2D eigenvalue weighted by atomic mass is 16.6. The minimum Gasteiger partial charge on any atom is -0.390 e. The molecule has 0 N–H and O–H groups in total. The first-order valence-electron chi connectivity index (χ1n) is 4.24. The van der Waals surface area contributed by atoms with Crippen LogP contribution in [0.3, 0.4) is 0 Å². The van der Waals surface area contributed by atoms with E-state index >= 15 is 0 Å². The maximum Gasteiger partial charge on any atom is 0.490 e. The van der Waals surface area contributed by atoms with Crippen LogP contribution >= 0.6 is 0 Å². The first kappa shape index (κ1) is 8.79. The SMILES string of the molecule is O=C1CCC(n2cnc([N+](=O)[O-])n2)C1. The van der Waals surface area contributed by atoms with Crippen molar-refractivity contribution in [1.29, 1.82) is 0 Å². The number of ketones is 1. The summed E-state index contributed by atoms with van der Waals surface area (Å²) >= 11 is 0. The van der Waals surface area contributed by atoms with E-state index in [4.69, 9.17) is 0 Å². The van der Waals surface area contributed by atoms with Gasteiger partial charge in [0.2, 0.25) is 6.33 Å². The Morgan fingerprint density at radius 2 is 2.43 bits per heavy atom. The standard InChI is InChI=1S/C7H8N4O3/c12-6-2-1-5(3-6)10-4-8-7(9-10)11(13)14/h4-5H,1-3H2. The second-order valence-electron chi connectivity index (χ2n) is 3.22. The fourth-order valence-corrected chi connectivity index (χ4v) is 1.55. The molecular weight excluding hydrogens is 188 g/mol. The summed E-state index contributed by atoms with van der Waals surface area (Å²) in [5.74, 6) is -0.238. The quantitative estimate of drug-likeness (QED) is 0.506. The van der Waals surface area contributed by atoms with Crippen molar-refractivity contribution in [3.8, 4) is 0 Å². The van der Waals surface area contributed by atoms with Gasteiger partial charge < -0.3 is 10.1 Å². The summed E-state index contributed by atoms with van der Waals surface area (Å²) in [6.45, 7) is 0. The monoisotopic (exact) mass is 196 g/mol. The van der Waals surface area contributed by atoms with E-state index in [0.29, 0.717) is 19.3 Å². The molecule has 1 unspecified atom stereocenters. The lowest BCUT2D eigenvalue weighted by molar-refractivity contribution is -0.394. The van der Waals surface area contributed by atoms with E-state index in [0.717, 1.165) is 0 Å². The van der Waals surface area contributed by atoms with Crippen molar-refractivity contribution in [1.82, 2.24) is 14.8 Å². The van der Waals surface area contributed by atoms with Gasteiger partial charge in [-0.2, -0.15) is 4.68 Å². The Kier molecular flexibility index (Phi) is 1.99. The first-order chi connectivity index (χ1) is 6.66. The Labute approximate surface area is 78.9 Å². The first-order valence-corrected chi connectivity index (χ1v) is 4.24. The van der Waals surface area contributed by atoms with Crippen molar-refractivity contribution < 1.29 is 9.72 Å². The number of hydrogen-bond donors (Lipinski definition) is 0. The molecule has 7 nitrogen and oxygen atoms in total. The zero-order valence-electron chi connectivity index (χ0n) is 7.29. The molecule has 0 aliphatic heterocycles. The highest BCUT2D eigenvalue weighted by Gasteiger charge is 2.27. The van der Waals surface area contributed by atoms with Crippen LogP contribution in [0, 0.1) is 10.1 Å². The van der Waals surface area contributed by atoms with E-state index in [1.807, 2.05) is 0 Å². The van der Waals surface area contributed by atoms with Crippen molar-refractivity contribution in [2.24, 2.45) is 0 Å². The molecular formula is C7H8N4O3. The molecule has 1 aromatic heterocycles. The molecule has 0 bridgehead atoms. The van der Waals surface area contributed by atoms with Crippen molar-refractivity contribution in [3.63, 3.8) is 0 Å². The van der Waals surface area contributed by atoms with Crippen LogP contribution in [0.2, 0.25) is 0 Å². The number of nitrogens with zero attached hydrogens (tertiary/aromatic N) is 4. The molecule has 0 radical (unpaired) electrons. The second kappa shape index (κ2) is 3.17. The Hall–Kier alpha value is -1.79. The summed E-state index contributed by atoms with van der Waals surface area (Å²) in [6, 6.07) is -0.0521. The molecule has 14 heavy (non-hydrogen) atoms. The molecule has 74 valence electrons. The fourth-order valence-electron chi connectivity index (χ4n) is 1.55. The number of nitro groups is 1. The zero-order valence-corrected chi connectivity index (χ0v) is 7.29. The van der Waals surface area contributed by atoms with Gasteiger partial charge in [0.25, 0.3) is 0 Å². The molecule has 0 aromatic carbocycles. The third kappa shape index (κ3) is 1.48. The Balaban J connectivity index is 2.17. The summed E-state index contributed by atoms with van der Waals surface area (Å²) in [5, 5.41) is 14.0. The Morgan fingerprint density at radius 1 is 1.64 bits per heavy atom. The topological polar surface area (TPSA) is 90.9 Å². The maximum atomic E-state index is 11.0. The largest absolute Gasteiger partial charge is 0.490 e. The average molecular weight is 196 g/mol. The number of aromatic nitrogens is 3. The molecule has 2 rings (SSSR count). The lowest BCUT2D eigenvalue weighted by atomic mass is 10.3. The predicted molar refractivity (Wildman–Crippen MR) is 44.6 cm³/mol. The van der Waals surface area contributed by atoms with Gasteiger partial charge in [-0.25, -0.2) is 0 Å². The summed E-state index contributed by atoms with van der Waals surface area (Å²) in [6.07, 6.45) is 2.93. The molecule has 1 aliphatic rings. The van der Waals surface area contributed by atoms with E-state index in [1.165, 1.54) is 11.0 Å². The van der Waals surface area contributed by atoms with Crippen LogP contribution in [0.5, 0.6) is 0 Å². The number of rotatable bonds is 2. The van der Waals surface area contributed by atoms with Crippen molar-refractivity contribution in [2.75, 3.05) is 0 Å². The Bertz CT molecular complexity index is 386. The molecule has 0 amide bonds. The molecule has 1 saturated carbocycles. The van der Waals surface area contributed by atoms with Gasteiger partial charge in [-0.15, -0.1) is 0 Å². The van der Waals surface area contributed by atoms with Gasteiger partial charge in [0.05, 0.1) is 6.04 Å². The second-order valence-corrected chi connectivity index (χ2v) is 3.22. The molecule has 1 aromatic rings. The summed E-state index contributed by atoms with van der Waals surface area (Å²) in [5.41, 5.74) is 0. The minimum atomic E-state index is -0.646. The van der Waals surface area contributed by atoms with Crippen LogP contribution in [-0.2, 0) is 4.79 Å². The van der Waals surface area contributed by atoms with Crippen LogP contribution < -0.4 is 0 Å². The van der Waals surface area contributed by atoms with Crippen molar-refractivity contribution in [2.45, 2.75) is 25.3 Å². The number of carbonyl (C=O) groups is 1. The zero-order chi connectivity index (χ0) is 10.1. The highest BCUT2D eigenvalue weighted by molar-refractivity contribution is 5.80. The Morgan fingerprint density at radius 3 is 2.93 bits per heavy atom. The van der Waals surface area contributed by atoms with Gasteiger partial charge >= 0.3 is 5.95 Å². The molecule has 1 aliphatic carbocycles. The molecule has 1 atom stereocenters. The minimum absolute atomic E-state index is 0.0521. The van der Waals surface area contributed by atoms with Gasteiger partial charge in [-0.3, -0.25) is 4.79 Å². The van der Waals surface area contributed by atoms with Gasteiger partial charge in [0.15, 0.2) is 0 Å². The molecule has 0 spiro atoms. The van der Waals surface area contributed by atoms with Crippen LogP contribution in [0.15, 0.2) is 6.33 Å². The molecule has 0 saturated heterocycles. The van der Waals surface area contributed by atoms with Crippen LogP contribution in [0.4, 0.5) is 5.95 Å². The van der Waals surface area contributed by atoms with E-state index < -0.39 is 10.9 Å². The molecule has 1 heterocycles. The lowest BCUT2D eigenvalue weighted by Crippen LogP contribution is -2.06. The van der Waals surface area contributed by atoms with E-state index in [9.17, 15) is 14.9 Å². The fraction of sp³-hybridized carbons (Fsp3) is 0.571. The summed E-state index contributed by atoms with van der Waals surface area (Å²) in [7, 11) is 0. The van der Waals surface area contributed by atoms with Gasteiger partial charge in [-0.05, 0) is 11.3 Å². The lowest BCUT2D eigenvalue weighted by Gasteiger charge is -2.01.